The summed E-state index contributed by atoms with van der Waals surface area (Å²) in [5.74, 6) is 0.138. The number of hydrogen-bond donors (Lipinski definition) is 0. The SMILES string of the molecule is O=C(Cc1noc2ccccc12)OCc1nc(-c2ccc(Cl)cc2)no1. The lowest BCUT2D eigenvalue weighted by molar-refractivity contribution is -0.145. The Morgan fingerprint density at radius 3 is 2.69 bits per heavy atom. The van der Waals surface area contributed by atoms with Crippen molar-refractivity contribution in [3.05, 3.63) is 65.1 Å². The summed E-state index contributed by atoms with van der Waals surface area (Å²) in [6, 6.07) is 14.3. The number of aromatic nitrogens is 3. The monoisotopic (exact) mass is 369 g/mol. The maximum atomic E-state index is 12.0. The third-order valence-electron chi connectivity index (χ3n) is 3.69. The van der Waals surface area contributed by atoms with Gasteiger partial charge in [-0.05, 0) is 36.4 Å². The van der Waals surface area contributed by atoms with E-state index in [-0.39, 0.29) is 18.9 Å². The molecule has 8 heteroatoms. The number of carbonyl (C=O) groups excluding carboxylic acids is 1. The number of fused-ring (bicyclic) bond motifs is 1. The fourth-order valence-corrected chi connectivity index (χ4v) is 2.55. The number of hydrogen-bond acceptors (Lipinski definition) is 7. The highest BCUT2D eigenvalue weighted by atomic mass is 35.5. The zero-order chi connectivity index (χ0) is 17.9. The van der Waals surface area contributed by atoms with Gasteiger partial charge < -0.3 is 13.8 Å². The van der Waals surface area contributed by atoms with Gasteiger partial charge in [0.25, 0.3) is 5.89 Å². The van der Waals surface area contributed by atoms with Crippen LogP contribution >= 0.6 is 11.6 Å². The zero-order valence-electron chi connectivity index (χ0n) is 13.4. The first kappa shape index (κ1) is 16.3. The minimum atomic E-state index is -0.463. The molecule has 0 N–H and O–H groups in total. The van der Waals surface area contributed by atoms with Gasteiger partial charge in [0.15, 0.2) is 12.2 Å². The maximum absolute atomic E-state index is 12.0. The van der Waals surface area contributed by atoms with Gasteiger partial charge in [-0.1, -0.05) is 34.0 Å². The molecule has 0 amide bonds. The molecule has 0 bridgehead atoms. The molecule has 4 rings (SSSR count). The minimum absolute atomic E-state index is 0.00477. The molecule has 2 aromatic heterocycles. The van der Waals surface area contributed by atoms with Crippen LogP contribution in [0.25, 0.3) is 22.4 Å². The van der Waals surface area contributed by atoms with Crippen molar-refractivity contribution in [1.82, 2.24) is 15.3 Å². The summed E-state index contributed by atoms with van der Waals surface area (Å²) in [5, 5.41) is 9.17. The first-order chi connectivity index (χ1) is 12.7. The van der Waals surface area contributed by atoms with Crippen LogP contribution in [0.4, 0.5) is 0 Å². The Morgan fingerprint density at radius 1 is 1.04 bits per heavy atom. The number of nitrogens with zero attached hydrogens (tertiary/aromatic N) is 3. The number of benzene rings is 2. The second-order valence-electron chi connectivity index (χ2n) is 5.48. The maximum Gasteiger partial charge on any atom is 0.312 e. The van der Waals surface area contributed by atoms with Crippen LogP contribution in [0.2, 0.25) is 5.02 Å². The lowest BCUT2D eigenvalue weighted by Gasteiger charge is -1.99. The van der Waals surface area contributed by atoms with Crippen LogP contribution in [0.15, 0.2) is 57.6 Å². The van der Waals surface area contributed by atoms with Gasteiger partial charge in [-0.25, -0.2) is 0 Å². The fraction of sp³-hybridized carbons (Fsp3) is 0.111. The van der Waals surface area contributed by atoms with E-state index in [4.69, 9.17) is 25.4 Å². The van der Waals surface area contributed by atoms with Crippen LogP contribution in [0, 0.1) is 0 Å². The van der Waals surface area contributed by atoms with Crippen LogP contribution in [-0.4, -0.2) is 21.3 Å². The molecule has 0 aliphatic heterocycles. The molecule has 7 nitrogen and oxygen atoms in total. The molecule has 130 valence electrons. The van der Waals surface area contributed by atoms with E-state index in [1.807, 2.05) is 18.2 Å². The van der Waals surface area contributed by atoms with Gasteiger partial charge in [0, 0.05) is 16.0 Å². The molecule has 0 spiro atoms. The zero-order valence-corrected chi connectivity index (χ0v) is 14.1. The van der Waals surface area contributed by atoms with Crippen LogP contribution in [0.3, 0.4) is 0 Å². The molecule has 0 atom stereocenters. The Bertz CT molecular complexity index is 1060. The molecule has 2 aromatic carbocycles. The highest BCUT2D eigenvalue weighted by Crippen LogP contribution is 2.20. The minimum Gasteiger partial charge on any atom is -0.455 e. The topological polar surface area (TPSA) is 91.2 Å². The van der Waals surface area contributed by atoms with E-state index in [0.717, 1.165) is 10.9 Å². The van der Waals surface area contributed by atoms with Crippen molar-refractivity contribution in [3.63, 3.8) is 0 Å². The predicted molar refractivity (Wildman–Crippen MR) is 92.3 cm³/mol. The predicted octanol–water partition coefficient (Wildman–Crippen LogP) is 3.82. The average Bonchev–Trinajstić information content (AvgIpc) is 3.28. The van der Waals surface area contributed by atoms with E-state index < -0.39 is 5.97 Å². The van der Waals surface area contributed by atoms with E-state index in [1.54, 1.807) is 30.3 Å². The van der Waals surface area contributed by atoms with Gasteiger partial charge >= 0.3 is 5.97 Å². The molecule has 0 saturated heterocycles. The summed E-state index contributed by atoms with van der Waals surface area (Å²) in [5.41, 5.74) is 1.91. The van der Waals surface area contributed by atoms with Crippen LogP contribution in [0.5, 0.6) is 0 Å². The van der Waals surface area contributed by atoms with Crippen molar-refractivity contribution < 1.29 is 18.6 Å². The van der Waals surface area contributed by atoms with Crippen LogP contribution < -0.4 is 0 Å². The molecule has 0 unspecified atom stereocenters. The van der Waals surface area contributed by atoms with E-state index in [1.165, 1.54) is 0 Å². The molecule has 4 aromatic rings. The van der Waals surface area contributed by atoms with E-state index in [9.17, 15) is 4.79 Å². The number of esters is 1. The van der Waals surface area contributed by atoms with Gasteiger partial charge in [-0.2, -0.15) is 4.98 Å². The third kappa shape index (κ3) is 3.43. The smallest absolute Gasteiger partial charge is 0.312 e. The van der Waals surface area contributed by atoms with Gasteiger partial charge in [0.2, 0.25) is 5.82 Å². The number of halogens is 1. The molecular weight excluding hydrogens is 358 g/mol. The van der Waals surface area contributed by atoms with E-state index in [0.29, 0.717) is 22.1 Å². The van der Waals surface area contributed by atoms with E-state index in [2.05, 4.69) is 15.3 Å². The molecule has 0 saturated carbocycles. The lowest BCUT2D eigenvalue weighted by Crippen LogP contribution is -2.08. The molecule has 0 fully saturated rings. The van der Waals surface area contributed by atoms with Crippen molar-refractivity contribution in [2.45, 2.75) is 13.0 Å². The van der Waals surface area contributed by atoms with Crippen molar-refractivity contribution in [3.8, 4) is 11.4 Å². The van der Waals surface area contributed by atoms with Gasteiger partial charge in [-0.3, -0.25) is 4.79 Å². The highest BCUT2D eigenvalue weighted by Gasteiger charge is 2.15. The number of ether oxygens (including phenoxy) is 1. The average molecular weight is 370 g/mol. The van der Waals surface area contributed by atoms with Crippen LogP contribution in [-0.2, 0) is 22.6 Å². The van der Waals surface area contributed by atoms with Crippen LogP contribution in [0.1, 0.15) is 11.6 Å². The Hall–Kier alpha value is -3.19. The van der Waals surface area contributed by atoms with Crippen molar-refractivity contribution >= 4 is 28.5 Å². The van der Waals surface area contributed by atoms with Gasteiger partial charge in [-0.15, -0.1) is 0 Å². The summed E-state index contributed by atoms with van der Waals surface area (Å²) >= 11 is 5.85. The first-order valence-corrected chi connectivity index (χ1v) is 8.14. The van der Waals surface area contributed by atoms with Crippen molar-refractivity contribution in [2.24, 2.45) is 0 Å². The number of para-hydroxylation sites is 1. The Kier molecular flexibility index (Phi) is 4.37. The second kappa shape index (κ2) is 6.97. The Morgan fingerprint density at radius 2 is 1.85 bits per heavy atom. The summed E-state index contributed by atoms with van der Waals surface area (Å²) in [6.45, 7) is -0.116. The van der Waals surface area contributed by atoms with Crippen molar-refractivity contribution in [2.75, 3.05) is 0 Å². The summed E-state index contributed by atoms with van der Waals surface area (Å²) < 4.78 is 15.4. The molecule has 2 heterocycles. The molecule has 0 radical (unpaired) electrons. The van der Waals surface area contributed by atoms with Gasteiger partial charge in [0.1, 0.15) is 5.69 Å². The highest BCUT2D eigenvalue weighted by molar-refractivity contribution is 6.30. The normalized spacial score (nSPS) is 11.0. The van der Waals surface area contributed by atoms with Gasteiger partial charge in [0.05, 0.1) is 6.42 Å². The molecule has 26 heavy (non-hydrogen) atoms. The number of carbonyl (C=O) groups is 1. The summed E-state index contributed by atoms with van der Waals surface area (Å²) in [7, 11) is 0. The van der Waals surface area contributed by atoms with E-state index >= 15 is 0 Å². The Labute approximate surface area is 152 Å². The summed E-state index contributed by atoms with van der Waals surface area (Å²) in [4.78, 5) is 16.2. The second-order valence-corrected chi connectivity index (χ2v) is 5.92. The molecule has 0 aliphatic rings. The Balaban J connectivity index is 1.38. The molecule has 0 aliphatic carbocycles. The fourth-order valence-electron chi connectivity index (χ4n) is 2.43. The standard InChI is InChI=1S/C18H12ClN3O4/c19-12-7-5-11(6-8-12)18-20-16(26-22-18)10-24-17(23)9-14-13-3-1-2-4-15(13)25-21-14/h1-8H,9-10H2. The first-order valence-electron chi connectivity index (χ1n) is 7.76. The third-order valence-corrected chi connectivity index (χ3v) is 3.94. The quantitative estimate of drug-likeness (QED) is 0.494. The van der Waals surface area contributed by atoms with Crippen molar-refractivity contribution in [1.29, 1.82) is 0 Å². The molecular formula is C18H12ClN3O4. The summed E-state index contributed by atoms with van der Waals surface area (Å²) in [6.07, 6.45) is -0.00477. The largest absolute Gasteiger partial charge is 0.455 e. The number of rotatable bonds is 5. The lowest BCUT2D eigenvalue weighted by atomic mass is 10.2.